The van der Waals surface area contributed by atoms with Gasteiger partial charge in [0.15, 0.2) is 10.4 Å². The van der Waals surface area contributed by atoms with Crippen molar-refractivity contribution >= 4 is 23.4 Å². The standard InChI is InChI=1S/C13H15N5S/c1-9-3-4-10-12(15-9)18(13(19)16-10)7-5-11-14-6-8-17(11)2/h3-4,6,8H,5,7H2,1-2H3,(H,16,19). The van der Waals surface area contributed by atoms with Crippen molar-refractivity contribution in [2.45, 2.75) is 19.9 Å². The summed E-state index contributed by atoms with van der Waals surface area (Å²) in [5.41, 5.74) is 2.89. The van der Waals surface area contributed by atoms with E-state index in [9.17, 15) is 0 Å². The first-order valence-corrected chi connectivity index (χ1v) is 6.58. The Morgan fingerprint density at radius 1 is 1.37 bits per heavy atom. The molecule has 98 valence electrons. The van der Waals surface area contributed by atoms with Gasteiger partial charge >= 0.3 is 0 Å². The average molecular weight is 273 g/mol. The van der Waals surface area contributed by atoms with Gasteiger partial charge in [0.05, 0.1) is 5.52 Å². The number of hydrogen-bond donors (Lipinski definition) is 1. The van der Waals surface area contributed by atoms with Crippen LogP contribution in [0.4, 0.5) is 0 Å². The minimum absolute atomic E-state index is 0.710. The fourth-order valence-electron chi connectivity index (χ4n) is 2.18. The number of pyridine rings is 1. The smallest absolute Gasteiger partial charge is 0.179 e. The Kier molecular flexibility index (Phi) is 2.94. The molecule has 0 spiro atoms. The number of nitrogens with one attached hydrogen (secondary N) is 1. The summed E-state index contributed by atoms with van der Waals surface area (Å²) in [4.78, 5) is 12.1. The summed E-state index contributed by atoms with van der Waals surface area (Å²) in [6.45, 7) is 2.76. The van der Waals surface area contributed by atoms with Crippen LogP contribution in [-0.2, 0) is 20.0 Å². The van der Waals surface area contributed by atoms with Crippen molar-refractivity contribution in [2.75, 3.05) is 0 Å². The van der Waals surface area contributed by atoms with Gasteiger partial charge in [-0.15, -0.1) is 0 Å². The van der Waals surface area contributed by atoms with Gasteiger partial charge < -0.3 is 14.1 Å². The van der Waals surface area contributed by atoms with Crippen LogP contribution in [-0.4, -0.2) is 24.1 Å². The van der Waals surface area contributed by atoms with Crippen molar-refractivity contribution in [2.24, 2.45) is 7.05 Å². The Hall–Kier alpha value is -1.95. The van der Waals surface area contributed by atoms with E-state index >= 15 is 0 Å². The molecule has 3 aromatic rings. The van der Waals surface area contributed by atoms with E-state index < -0.39 is 0 Å². The fourth-order valence-corrected chi connectivity index (χ4v) is 2.47. The summed E-state index contributed by atoms with van der Waals surface area (Å²) in [6, 6.07) is 4.00. The van der Waals surface area contributed by atoms with Gasteiger partial charge in [-0.25, -0.2) is 9.97 Å². The van der Waals surface area contributed by atoms with Crippen molar-refractivity contribution in [3.8, 4) is 0 Å². The van der Waals surface area contributed by atoms with E-state index in [-0.39, 0.29) is 0 Å². The highest BCUT2D eigenvalue weighted by molar-refractivity contribution is 7.71. The Labute approximate surface area is 115 Å². The third kappa shape index (κ3) is 2.19. The zero-order valence-corrected chi connectivity index (χ0v) is 11.7. The molecule has 3 aromatic heterocycles. The molecule has 5 nitrogen and oxygen atoms in total. The van der Waals surface area contributed by atoms with Crippen LogP contribution in [0, 0.1) is 11.7 Å². The van der Waals surface area contributed by atoms with Crippen molar-refractivity contribution in [3.05, 3.63) is 40.8 Å². The second kappa shape index (κ2) is 4.62. The number of hydrogen-bond acceptors (Lipinski definition) is 3. The molecule has 0 aromatic carbocycles. The lowest BCUT2D eigenvalue weighted by Crippen LogP contribution is -2.06. The van der Waals surface area contributed by atoms with E-state index in [4.69, 9.17) is 12.2 Å². The Balaban J connectivity index is 1.96. The number of aromatic amines is 1. The van der Waals surface area contributed by atoms with Crippen LogP contribution in [0.2, 0.25) is 0 Å². The third-order valence-electron chi connectivity index (χ3n) is 3.24. The molecule has 3 rings (SSSR count). The number of rotatable bonds is 3. The van der Waals surface area contributed by atoms with Crippen LogP contribution in [0.3, 0.4) is 0 Å². The largest absolute Gasteiger partial charge is 0.338 e. The van der Waals surface area contributed by atoms with Gasteiger partial charge in [0, 0.05) is 38.1 Å². The monoisotopic (exact) mass is 273 g/mol. The minimum Gasteiger partial charge on any atom is -0.338 e. The van der Waals surface area contributed by atoms with Crippen LogP contribution < -0.4 is 0 Å². The summed E-state index contributed by atoms with van der Waals surface area (Å²) in [5, 5.41) is 0. The molecule has 1 N–H and O–H groups in total. The van der Waals surface area contributed by atoms with Crippen molar-refractivity contribution in [3.63, 3.8) is 0 Å². The normalized spacial score (nSPS) is 11.3. The SMILES string of the molecule is Cc1ccc2[nH]c(=S)n(CCc3nccn3C)c2n1. The Morgan fingerprint density at radius 2 is 2.21 bits per heavy atom. The maximum absolute atomic E-state index is 5.36. The second-order valence-corrected chi connectivity index (χ2v) is 5.00. The molecule has 6 heteroatoms. The van der Waals surface area contributed by atoms with Gasteiger partial charge in [-0.2, -0.15) is 0 Å². The van der Waals surface area contributed by atoms with Crippen LogP contribution in [0.15, 0.2) is 24.5 Å². The summed E-state index contributed by atoms with van der Waals surface area (Å²) >= 11 is 5.36. The second-order valence-electron chi connectivity index (χ2n) is 4.61. The van der Waals surface area contributed by atoms with E-state index in [1.165, 1.54) is 0 Å². The number of aryl methyl sites for hydroxylation is 4. The quantitative estimate of drug-likeness (QED) is 0.745. The Morgan fingerprint density at radius 3 is 2.95 bits per heavy atom. The topological polar surface area (TPSA) is 51.4 Å². The molecular formula is C13H15N5S. The number of nitrogens with zero attached hydrogens (tertiary/aromatic N) is 4. The molecule has 0 unspecified atom stereocenters. The number of fused-ring (bicyclic) bond motifs is 1. The van der Waals surface area contributed by atoms with Gasteiger partial charge in [-0.05, 0) is 31.3 Å². The minimum atomic E-state index is 0.710. The van der Waals surface area contributed by atoms with Gasteiger partial charge in [-0.3, -0.25) is 0 Å². The molecule has 0 saturated heterocycles. The lowest BCUT2D eigenvalue weighted by atomic mass is 10.3. The van der Waals surface area contributed by atoms with Gasteiger partial charge in [0.2, 0.25) is 0 Å². The fraction of sp³-hybridized carbons (Fsp3) is 0.308. The molecule has 0 saturated carbocycles. The zero-order valence-electron chi connectivity index (χ0n) is 10.9. The molecule has 0 atom stereocenters. The molecule has 19 heavy (non-hydrogen) atoms. The van der Waals surface area contributed by atoms with Crippen LogP contribution in [0.25, 0.3) is 11.2 Å². The van der Waals surface area contributed by atoms with E-state index in [1.54, 1.807) is 0 Å². The molecule has 0 aliphatic rings. The summed E-state index contributed by atoms with van der Waals surface area (Å²) in [5.74, 6) is 1.05. The van der Waals surface area contributed by atoms with E-state index in [0.29, 0.717) is 4.77 Å². The van der Waals surface area contributed by atoms with Crippen LogP contribution in [0.5, 0.6) is 0 Å². The first-order chi connectivity index (χ1) is 9.15. The van der Waals surface area contributed by atoms with Crippen LogP contribution in [0.1, 0.15) is 11.5 Å². The van der Waals surface area contributed by atoms with Crippen molar-refractivity contribution in [1.29, 1.82) is 0 Å². The molecular weight excluding hydrogens is 258 g/mol. The summed E-state index contributed by atoms with van der Waals surface area (Å²) in [6.07, 6.45) is 4.60. The highest BCUT2D eigenvalue weighted by Gasteiger charge is 2.07. The summed E-state index contributed by atoms with van der Waals surface area (Å²) in [7, 11) is 2.00. The van der Waals surface area contributed by atoms with Gasteiger partial charge in [0.1, 0.15) is 5.82 Å². The number of imidazole rings is 2. The molecule has 0 bridgehead atoms. The van der Waals surface area contributed by atoms with E-state index in [1.807, 2.05) is 47.6 Å². The predicted molar refractivity (Wildman–Crippen MR) is 76.6 cm³/mol. The lowest BCUT2D eigenvalue weighted by molar-refractivity contribution is 0.653. The lowest BCUT2D eigenvalue weighted by Gasteiger charge is -2.04. The summed E-state index contributed by atoms with van der Waals surface area (Å²) < 4.78 is 4.77. The highest BCUT2D eigenvalue weighted by atomic mass is 32.1. The number of aromatic nitrogens is 5. The molecule has 0 aliphatic heterocycles. The first kappa shape index (κ1) is 12.1. The molecule has 0 fully saturated rings. The predicted octanol–water partition coefficient (Wildman–Crippen LogP) is 2.38. The molecule has 3 heterocycles. The van der Waals surface area contributed by atoms with Gasteiger partial charge in [0.25, 0.3) is 0 Å². The third-order valence-corrected chi connectivity index (χ3v) is 3.56. The van der Waals surface area contributed by atoms with Crippen LogP contribution >= 0.6 is 12.2 Å². The van der Waals surface area contributed by atoms with Gasteiger partial charge in [-0.1, -0.05) is 0 Å². The first-order valence-electron chi connectivity index (χ1n) is 6.17. The Bertz CT molecular complexity index is 780. The maximum atomic E-state index is 5.36. The van der Waals surface area contributed by atoms with Crippen molar-refractivity contribution < 1.29 is 0 Å². The molecule has 0 radical (unpaired) electrons. The molecule has 0 amide bonds. The number of H-pyrrole nitrogens is 1. The average Bonchev–Trinajstić information content (AvgIpc) is 2.90. The maximum Gasteiger partial charge on any atom is 0.179 e. The van der Waals surface area contributed by atoms with E-state index in [2.05, 4.69) is 15.0 Å². The van der Waals surface area contributed by atoms with E-state index in [0.717, 1.165) is 35.6 Å². The molecule has 0 aliphatic carbocycles. The zero-order chi connectivity index (χ0) is 13.4. The van der Waals surface area contributed by atoms with Crippen molar-refractivity contribution in [1.82, 2.24) is 24.1 Å². The highest BCUT2D eigenvalue weighted by Crippen LogP contribution is 2.13.